The first-order valence-electron chi connectivity index (χ1n) is 15.3. The largest absolute Gasteiger partial charge is 0.491 e. The van der Waals surface area contributed by atoms with E-state index in [1.807, 2.05) is 48.5 Å². The van der Waals surface area contributed by atoms with E-state index in [-0.39, 0.29) is 24.9 Å². The molecule has 5 rings (SSSR count). The van der Waals surface area contributed by atoms with Crippen molar-refractivity contribution >= 4 is 50.7 Å². The van der Waals surface area contributed by atoms with E-state index in [0.29, 0.717) is 44.6 Å². The van der Waals surface area contributed by atoms with Crippen LogP contribution in [0.15, 0.2) is 48.5 Å². The van der Waals surface area contributed by atoms with Gasteiger partial charge in [0.05, 0.1) is 6.54 Å². The first-order chi connectivity index (χ1) is 21.0. The van der Waals surface area contributed by atoms with Gasteiger partial charge in [0.25, 0.3) is 0 Å². The molecule has 0 spiro atoms. The highest BCUT2D eigenvalue weighted by atomic mass is 32.2. The van der Waals surface area contributed by atoms with Gasteiger partial charge in [-0.25, -0.2) is 4.79 Å². The molecule has 0 saturated heterocycles. The number of aldehydes is 1. The van der Waals surface area contributed by atoms with Gasteiger partial charge >= 0.3 is 6.03 Å². The molecular weight excluding hydrogens is 581 g/mol. The van der Waals surface area contributed by atoms with Gasteiger partial charge in [0, 0.05) is 37.3 Å². The third-order valence-corrected chi connectivity index (χ3v) is 11.5. The molecule has 1 saturated carbocycles. The number of nitrogens with one attached hydrogen (secondary N) is 2. The fourth-order valence-corrected chi connectivity index (χ4v) is 8.73. The Hall–Kier alpha value is -3.15. The lowest BCUT2D eigenvalue weighted by Crippen LogP contribution is -2.50. The molecule has 1 atom stereocenters. The summed E-state index contributed by atoms with van der Waals surface area (Å²) in [4.78, 5) is 58.1. The number of hydrogen-bond donors (Lipinski definition) is 2. The van der Waals surface area contributed by atoms with Crippen LogP contribution in [0.3, 0.4) is 0 Å². The zero-order chi connectivity index (χ0) is 30.1. The molecule has 1 aliphatic carbocycles. The Labute approximate surface area is 259 Å². The summed E-state index contributed by atoms with van der Waals surface area (Å²) in [6.07, 6.45) is 8.25. The van der Waals surface area contributed by atoms with Crippen LogP contribution in [0.25, 0.3) is 0 Å². The van der Waals surface area contributed by atoms with E-state index in [1.54, 1.807) is 9.80 Å². The topological polar surface area (TPSA) is 108 Å². The Bertz CT molecular complexity index is 1290. The molecule has 9 nitrogen and oxygen atoms in total. The van der Waals surface area contributed by atoms with Crippen LogP contribution in [0, 0.1) is 5.92 Å². The number of ether oxygens (including phenoxy) is 1. The lowest BCUT2D eigenvalue weighted by atomic mass is 9.83. The van der Waals surface area contributed by atoms with Gasteiger partial charge in [0.15, 0.2) is 0 Å². The van der Waals surface area contributed by atoms with E-state index in [2.05, 4.69) is 9.70 Å². The van der Waals surface area contributed by atoms with E-state index in [0.717, 1.165) is 66.9 Å². The Morgan fingerprint density at radius 1 is 1.02 bits per heavy atom. The fourth-order valence-electron chi connectivity index (χ4n) is 6.28. The maximum absolute atomic E-state index is 13.2. The Morgan fingerprint density at radius 2 is 1.79 bits per heavy atom. The number of carbonyl (C=O) groups excluding carboxylic acids is 4. The van der Waals surface area contributed by atoms with E-state index < -0.39 is 13.7 Å². The molecule has 0 unspecified atom stereocenters. The van der Waals surface area contributed by atoms with Gasteiger partial charge < -0.3 is 24.2 Å². The van der Waals surface area contributed by atoms with Crippen molar-refractivity contribution in [3.05, 3.63) is 59.7 Å². The summed E-state index contributed by atoms with van der Waals surface area (Å²) in [5, 5.41) is 0. The molecule has 11 heteroatoms. The number of urea groups is 1. The number of benzene rings is 2. The zero-order valence-electron chi connectivity index (χ0n) is 24.6. The second-order valence-electron chi connectivity index (χ2n) is 11.7. The molecule has 2 aliphatic heterocycles. The number of hydrogen-bond acceptors (Lipinski definition) is 7. The van der Waals surface area contributed by atoms with Gasteiger partial charge in [-0.15, -0.1) is 0 Å². The van der Waals surface area contributed by atoms with E-state index in [1.165, 1.54) is 18.4 Å². The lowest BCUT2D eigenvalue weighted by molar-refractivity contribution is -0.131. The third kappa shape index (κ3) is 8.07. The SMILES string of the molecule is O=C[Si](CCC(=O)N1CCOc2ccccc2C1)NC[C@@](C=O)(CC1CCCCC1)SNC(=O)N1CCc2ccccc21. The number of nitrogens with zero attached hydrogens (tertiary/aromatic N) is 2. The summed E-state index contributed by atoms with van der Waals surface area (Å²) in [7, 11) is -1.77. The van der Waals surface area contributed by atoms with Gasteiger partial charge in [-0.3, -0.25) is 14.4 Å². The summed E-state index contributed by atoms with van der Waals surface area (Å²) < 4.78 is 7.86. The molecule has 2 aromatic rings. The molecule has 1 fully saturated rings. The monoisotopic (exact) mass is 621 g/mol. The van der Waals surface area contributed by atoms with Crippen LogP contribution < -0.4 is 19.3 Å². The number of anilines is 1. The molecule has 0 aromatic heterocycles. The standard InChI is InChI=1S/C32H41N4O5SSi/c37-23-32(20-25-8-2-1-3-9-25,42-34-31(40)36-16-14-26-10-4-6-12-28(26)36)22-33-43(24-38)19-15-30(39)35-17-18-41-29-13-7-5-11-27(29)21-35/h4-7,10-13,23-25,33H,1-3,8-9,14-22H2,(H,34,40)/t32-/m1/s1. The minimum Gasteiger partial charge on any atom is -0.491 e. The number of rotatable bonds is 12. The minimum atomic E-state index is -1.77. The first-order valence-corrected chi connectivity index (χ1v) is 17.9. The number of para-hydroxylation sites is 2. The summed E-state index contributed by atoms with van der Waals surface area (Å²) in [5.41, 5.74) is 3.01. The van der Waals surface area contributed by atoms with Crippen molar-refractivity contribution in [2.45, 2.75) is 68.7 Å². The molecule has 3 aliphatic rings. The number of fused-ring (bicyclic) bond motifs is 2. The molecule has 0 bridgehead atoms. The van der Waals surface area contributed by atoms with E-state index in [4.69, 9.17) is 4.74 Å². The smallest absolute Gasteiger partial charge is 0.331 e. The average Bonchev–Trinajstić information content (AvgIpc) is 3.36. The van der Waals surface area contributed by atoms with Crippen LogP contribution in [-0.2, 0) is 27.3 Å². The van der Waals surface area contributed by atoms with Crippen LogP contribution >= 0.6 is 11.9 Å². The van der Waals surface area contributed by atoms with Crippen LogP contribution in [0.2, 0.25) is 6.04 Å². The molecule has 2 aromatic carbocycles. The highest BCUT2D eigenvalue weighted by Crippen LogP contribution is 2.36. The Morgan fingerprint density at radius 3 is 2.58 bits per heavy atom. The maximum atomic E-state index is 13.2. The summed E-state index contributed by atoms with van der Waals surface area (Å²) >= 11 is 1.17. The molecule has 43 heavy (non-hydrogen) atoms. The highest BCUT2D eigenvalue weighted by Gasteiger charge is 2.37. The average molecular weight is 622 g/mol. The molecular formula is C32H41N4O5SSi. The predicted molar refractivity (Wildman–Crippen MR) is 171 cm³/mol. The molecule has 229 valence electrons. The molecule has 2 N–H and O–H groups in total. The predicted octanol–water partition coefficient (Wildman–Crippen LogP) is 4.48. The summed E-state index contributed by atoms with van der Waals surface area (Å²) in [5.74, 6) is 2.10. The highest BCUT2D eigenvalue weighted by molar-refractivity contribution is 8.00. The van der Waals surface area contributed by atoms with Gasteiger partial charge in [-0.2, -0.15) is 0 Å². The Balaban J connectivity index is 1.19. The van der Waals surface area contributed by atoms with Crippen molar-refractivity contribution in [1.82, 2.24) is 14.6 Å². The third-order valence-electron chi connectivity index (χ3n) is 8.72. The van der Waals surface area contributed by atoms with E-state index in [9.17, 15) is 19.2 Å². The quantitative estimate of drug-likeness (QED) is 0.204. The molecule has 1 radical (unpaired) electrons. The lowest BCUT2D eigenvalue weighted by Gasteiger charge is -2.34. The van der Waals surface area contributed by atoms with E-state index >= 15 is 0 Å². The van der Waals surface area contributed by atoms with Crippen LogP contribution in [0.5, 0.6) is 5.75 Å². The van der Waals surface area contributed by atoms with Crippen molar-refractivity contribution in [2.24, 2.45) is 5.92 Å². The van der Waals surface area contributed by atoms with Gasteiger partial charge in [0.1, 0.15) is 29.3 Å². The number of carbonyl (C=O) groups is 4. The van der Waals surface area contributed by atoms with Crippen molar-refractivity contribution in [3.8, 4) is 5.75 Å². The second kappa shape index (κ2) is 15.0. The van der Waals surface area contributed by atoms with Crippen LogP contribution in [-0.4, -0.2) is 69.0 Å². The maximum Gasteiger partial charge on any atom is 0.331 e. The van der Waals surface area contributed by atoms with Crippen molar-refractivity contribution in [1.29, 1.82) is 0 Å². The molecule has 2 heterocycles. The van der Waals surface area contributed by atoms with Crippen LogP contribution in [0.4, 0.5) is 10.5 Å². The van der Waals surface area contributed by atoms with Crippen molar-refractivity contribution < 1.29 is 23.9 Å². The zero-order valence-corrected chi connectivity index (χ0v) is 26.4. The van der Waals surface area contributed by atoms with Gasteiger partial charge in [-0.05, 0) is 54.4 Å². The van der Waals surface area contributed by atoms with Crippen LogP contribution in [0.1, 0.15) is 56.1 Å². The summed E-state index contributed by atoms with van der Waals surface area (Å²) in [6, 6.07) is 15.8. The second-order valence-corrected chi connectivity index (χ2v) is 15.1. The minimum absolute atomic E-state index is 0.0113. The number of amides is 3. The van der Waals surface area contributed by atoms with Gasteiger partial charge in [-0.1, -0.05) is 68.5 Å². The van der Waals surface area contributed by atoms with Gasteiger partial charge in [0.2, 0.25) is 14.9 Å². The van der Waals surface area contributed by atoms with Crippen molar-refractivity contribution in [3.63, 3.8) is 0 Å². The normalized spacial score (nSPS) is 18.2. The Kier molecular flexibility index (Phi) is 10.9. The molecule has 3 amide bonds. The first kappa shape index (κ1) is 31.3. The van der Waals surface area contributed by atoms with Crippen molar-refractivity contribution in [2.75, 3.05) is 31.1 Å². The summed E-state index contributed by atoms with van der Waals surface area (Å²) in [6.45, 7) is 2.28. The fraction of sp³-hybridized carbons (Fsp3) is 0.500.